The Morgan fingerprint density at radius 3 is 2.68 bits per heavy atom. The molecule has 0 atom stereocenters. The van der Waals surface area contributed by atoms with Crippen molar-refractivity contribution >= 4 is 15.9 Å². The monoisotopic (exact) mass is 285 g/mol. The number of carbonyl (C=O) groups excluding carboxylic acids is 1. The van der Waals surface area contributed by atoms with Gasteiger partial charge in [-0.2, -0.15) is 0 Å². The third kappa shape index (κ3) is 3.57. The first-order valence-electron chi connectivity index (χ1n) is 6.42. The molecule has 1 heterocycles. The second kappa shape index (κ2) is 5.34. The van der Waals surface area contributed by atoms with E-state index in [2.05, 4.69) is 4.98 Å². The molecule has 6 nitrogen and oxygen atoms in total. The van der Waals surface area contributed by atoms with Crippen LogP contribution in [0.2, 0.25) is 0 Å². The van der Waals surface area contributed by atoms with Gasteiger partial charge in [0.05, 0.1) is 4.90 Å². The average molecular weight is 285 g/mol. The zero-order valence-electron chi connectivity index (χ0n) is 10.9. The van der Waals surface area contributed by atoms with Crippen molar-refractivity contribution in [2.45, 2.75) is 31.1 Å². The molecule has 1 saturated carbocycles. The molecule has 7 heteroatoms. The Labute approximate surface area is 113 Å². The van der Waals surface area contributed by atoms with Crippen molar-refractivity contribution in [2.24, 2.45) is 11.1 Å². The van der Waals surface area contributed by atoms with Gasteiger partial charge in [0.1, 0.15) is 5.69 Å². The molecule has 1 fully saturated rings. The van der Waals surface area contributed by atoms with Crippen molar-refractivity contribution in [1.82, 2.24) is 9.88 Å². The van der Waals surface area contributed by atoms with Crippen LogP contribution in [-0.2, 0) is 10.0 Å². The topological polar surface area (TPSA) is 96.3 Å². The van der Waals surface area contributed by atoms with Crippen LogP contribution in [0.4, 0.5) is 0 Å². The van der Waals surface area contributed by atoms with Crippen LogP contribution in [0.1, 0.15) is 36.7 Å². The summed E-state index contributed by atoms with van der Waals surface area (Å²) in [6.45, 7) is 3.44. The molecule has 0 radical (unpaired) electrons. The van der Waals surface area contributed by atoms with Gasteiger partial charge in [0.25, 0.3) is 5.91 Å². The molecule has 1 aliphatic rings. The lowest BCUT2D eigenvalue weighted by Crippen LogP contribution is -2.33. The van der Waals surface area contributed by atoms with E-state index < -0.39 is 10.0 Å². The fraction of sp³-hybridized carbons (Fsp3) is 0.583. The SMILES string of the molecule is CCCN(CC1CC1)C(=O)c1cc(S(N)(=O)=O)c[nH]1. The van der Waals surface area contributed by atoms with Crippen molar-refractivity contribution in [1.29, 1.82) is 0 Å². The summed E-state index contributed by atoms with van der Waals surface area (Å²) in [5, 5.41) is 5.02. The molecule has 0 aromatic carbocycles. The van der Waals surface area contributed by atoms with Crippen LogP contribution in [-0.4, -0.2) is 37.3 Å². The van der Waals surface area contributed by atoms with Crippen LogP contribution < -0.4 is 5.14 Å². The van der Waals surface area contributed by atoms with E-state index in [1.165, 1.54) is 25.1 Å². The van der Waals surface area contributed by atoms with Crippen LogP contribution in [0.25, 0.3) is 0 Å². The summed E-state index contributed by atoms with van der Waals surface area (Å²) in [6, 6.07) is 1.30. The van der Waals surface area contributed by atoms with Crippen LogP contribution in [0.15, 0.2) is 17.2 Å². The predicted octanol–water partition coefficient (Wildman–Crippen LogP) is 0.924. The van der Waals surface area contributed by atoms with Crippen molar-refractivity contribution in [3.05, 3.63) is 18.0 Å². The fourth-order valence-electron chi connectivity index (χ4n) is 1.99. The van der Waals surface area contributed by atoms with Crippen molar-refractivity contribution in [3.63, 3.8) is 0 Å². The zero-order chi connectivity index (χ0) is 14.0. The maximum atomic E-state index is 12.3. The minimum Gasteiger partial charge on any atom is -0.356 e. The third-order valence-electron chi connectivity index (χ3n) is 3.17. The van der Waals surface area contributed by atoms with Gasteiger partial charge >= 0.3 is 0 Å². The second-order valence-corrected chi connectivity index (χ2v) is 6.55. The molecule has 1 aromatic heterocycles. The molecule has 0 unspecified atom stereocenters. The number of sulfonamides is 1. The van der Waals surface area contributed by atoms with Gasteiger partial charge in [-0.15, -0.1) is 0 Å². The van der Waals surface area contributed by atoms with Crippen molar-refractivity contribution < 1.29 is 13.2 Å². The molecule has 3 N–H and O–H groups in total. The first-order chi connectivity index (χ1) is 8.91. The van der Waals surface area contributed by atoms with Crippen molar-refractivity contribution in [3.8, 4) is 0 Å². The van der Waals surface area contributed by atoms with E-state index in [1.807, 2.05) is 6.92 Å². The molecule has 1 aliphatic carbocycles. The average Bonchev–Trinajstić information content (AvgIpc) is 2.99. The van der Waals surface area contributed by atoms with E-state index in [9.17, 15) is 13.2 Å². The molecular formula is C12H19N3O3S. The first kappa shape index (κ1) is 14.1. The smallest absolute Gasteiger partial charge is 0.270 e. The highest BCUT2D eigenvalue weighted by Gasteiger charge is 2.27. The van der Waals surface area contributed by atoms with Gasteiger partial charge in [-0.3, -0.25) is 4.79 Å². The second-order valence-electron chi connectivity index (χ2n) is 4.99. The molecule has 1 aromatic rings. The Kier molecular flexibility index (Phi) is 3.96. The largest absolute Gasteiger partial charge is 0.356 e. The molecule has 0 bridgehead atoms. The number of amides is 1. The summed E-state index contributed by atoms with van der Waals surface area (Å²) < 4.78 is 22.4. The highest BCUT2D eigenvalue weighted by atomic mass is 32.2. The molecule has 0 spiro atoms. The van der Waals surface area contributed by atoms with Crippen LogP contribution >= 0.6 is 0 Å². The first-order valence-corrected chi connectivity index (χ1v) is 7.97. The van der Waals surface area contributed by atoms with E-state index in [1.54, 1.807) is 4.90 Å². The lowest BCUT2D eigenvalue weighted by atomic mass is 10.3. The predicted molar refractivity (Wildman–Crippen MR) is 71.1 cm³/mol. The minimum atomic E-state index is -3.77. The number of primary sulfonamides is 1. The molecule has 0 aliphatic heterocycles. The molecule has 0 saturated heterocycles. The number of nitrogens with zero attached hydrogens (tertiary/aromatic N) is 1. The molecule has 19 heavy (non-hydrogen) atoms. The number of nitrogens with one attached hydrogen (secondary N) is 1. The highest BCUT2D eigenvalue weighted by Crippen LogP contribution is 2.30. The number of rotatable bonds is 6. The van der Waals surface area contributed by atoms with Crippen molar-refractivity contribution in [2.75, 3.05) is 13.1 Å². The normalized spacial score (nSPS) is 15.5. The summed E-state index contributed by atoms with van der Waals surface area (Å²) >= 11 is 0. The Hall–Kier alpha value is -1.34. The van der Waals surface area contributed by atoms with E-state index in [0.717, 1.165) is 13.0 Å². The fourth-order valence-corrected chi connectivity index (χ4v) is 2.50. The quantitative estimate of drug-likeness (QED) is 0.813. The lowest BCUT2D eigenvalue weighted by molar-refractivity contribution is 0.0742. The molecule has 2 rings (SSSR count). The van der Waals surface area contributed by atoms with Gasteiger partial charge in [0.15, 0.2) is 0 Å². The van der Waals surface area contributed by atoms with Gasteiger partial charge in [0, 0.05) is 19.3 Å². The molecular weight excluding hydrogens is 266 g/mol. The zero-order valence-corrected chi connectivity index (χ0v) is 11.7. The Morgan fingerprint density at radius 1 is 1.53 bits per heavy atom. The van der Waals surface area contributed by atoms with Gasteiger partial charge in [-0.05, 0) is 31.2 Å². The number of nitrogens with two attached hydrogens (primary N) is 1. The highest BCUT2D eigenvalue weighted by molar-refractivity contribution is 7.89. The number of carbonyl (C=O) groups is 1. The van der Waals surface area contributed by atoms with Gasteiger partial charge in [-0.25, -0.2) is 13.6 Å². The van der Waals surface area contributed by atoms with E-state index in [0.29, 0.717) is 12.5 Å². The van der Waals surface area contributed by atoms with Gasteiger partial charge in [0.2, 0.25) is 10.0 Å². The molecule has 1 amide bonds. The Balaban J connectivity index is 2.13. The number of aromatic nitrogens is 1. The number of hydrogen-bond acceptors (Lipinski definition) is 3. The number of aromatic amines is 1. The van der Waals surface area contributed by atoms with E-state index in [4.69, 9.17) is 5.14 Å². The van der Waals surface area contributed by atoms with E-state index >= 15 is 0 Å². The maximum Gasteiger partial charge on any atom is 0.270 e. The summed E-state index contributed by atoms with van der Waals surface area (Å²) in [7, 11) is -3.77. The van der Waals surface area contributed by atoms with Crippen LogP contribution in [0.3, 0.4) is 0 Å². The number of hydrogen-bond donors (Lipinski definition) is 2. The standard InChI is InChI=1S/C12H19N3O3S/c1-2-5-15(8-9-3-4-9)12(16)11-6-10(7-14-11)19(13,17)18/h6-7,9,14H,2-5,8H2,1H3,(H2,13,17,18). The van der Waals surface area contributed by atoms with Gasteiger partial charge in [-0.1, -0.05) is 6.92 Å². The lowest BCUT2D eigenvalue weighted by Gasteiger charge is -2.21. The Morgan fingerprint density at radius 2 is 2.21 bits per heavy atom. The van der Waals surface area contributed by atoms with Gasteiger partial charge < -0.3 is 9.88 Å². The summed E-state index contributed by atoms with van der Waals surface area (Å²) in [4.78, 5) is 16.7. The maximum absolute atomic E-state index is 12.3. The Bertz CT molecular complexity index is 561. The minimum absolute atomic E-state index is 0.0567. The van der Waals surface area contributed by atoms with Crippen LogP contribution in [0.5, 0.6) is 0 Å². The third-order valence-corrected chi connectivity index (χ3v) is 4.06. The summed E-state index contributed by atoms with van der Waals surface area (Å²) in [5.74, 6) is 0.437. The van der Waals surface area contributed by atoms with Crippen LogP contribution in [0, 0.1) is 5.92 Å². The summed E-state index contributed by atoms with van der Waals surface area (Å²) in [5.41, 5.74) is 0.276. The number of H-pyrrole nitrogens is 1. The summed E-state index contributed by atoms with van der Waals surface area (Å²) in [6.07, 6.45) is 4.46. The molecule has 106 valence electrons. The van der Waals surface area contributed by atoms with E-state index in [-0.39, 0.29) is 16.5 Å².